The van der Waals surface area contributed by atoms with Crippen molar-refractivity contribution in [2.75, 3.05) is 18.4 Å². The van der Waals surface area contributed by atoms with Crippen molar-refractivity contribution in [3.63, 3.8) is 0 Å². The summed E-state index contributed by atoms with van der Waals surface area (Å²) in [5.74, 6) is 0. The van der Waals surface area contributed by atoms with Crippen molar-refractivity contribution in [1.82, 2.24) is 4.98 Å². The van der Waals surface area contributed by atoms with Gasteiger partial charge < -0.3 is 15.5 Å². The van der Waals surface area contributed by atoms with Crippen LogP contribution < -0.4 is 11.1 Å². The predicted molar refractivity (Wildman–Crippen MR) is 63.2 cm³/mol. The molecule has 3 rings (SSSR count). The molecule has 1 saturated carbocycles. The molecule has 84 valence electrons. The molecule has 0 saturated heterocycles. The lowest BCUT2D eigenvalue weighted by atomic mass is 10.1. The van der Waals surface area contributed by atoms with E-state index in [1.807, 2.05) is 18.2 Å². The third-order valence-electron chi connectivity index (χ3n) is 3.39. The van der Waals surface area contributed by atoms with Crippen molar-refractivity contribution in [1.29, 1.82) is 0 Å². The van der Waals surface area contributed by atoms with Gasteiger partial charge in [-0.15, -0.1) is 0 Å². The lowest BCUT2D eigenvalue weighted by Gasteiger charge is -2.14. The zero-order chi connectivity index (χ0) is 11.0. The largest absolute Gasteiger partial charge is 0.443 e. The topological polar surface area (TPSA) is 64.1 Å². The van der Waals surface area contributed by atoms with Gasteiger partial charge in [-0.2, -0.15) is 0 Å². The van der Waals surface area contributed by atoms with E-state index in [0.29, 0.717) is 5.41 Å². The van der Waals surface area contributed by atoms with Crippen molar-refractivity contribution in [3.05, 3.63) is 24.6 Å². The molecule has 0 radical (unpaired) electrons. The van der Waals surface area contributed by atoms with E-state index in [0.717, 1.165) is 29.9 Å². The fourth-order valence-corrected chi connectivity index (χ4v) is 1.88. The molecule has 16 heavy (non-hydrogen) atoms. The molecule has 0 bridgehead atoms. The van der Waals surface area contributed by atoms with E-state index in [1.54, 1.807) is 0 Å². The predicted octanol–water partition coefficient (Wildman–Crippen LogP) is 1.98. The van der Waals surface area contributed by atoms with E-state index in [9.17, 15) is 0 Å². The van der Waals surface area contributed by atoms with Crippen LogP contribution in [0.5, 0.6) is 0 Å². The number of hydrogen-bond donors (Lipinski definition) is 2. The van der Waals surface area contributed by atoms with Gasteiger partial charge in [0, 0.05) is 18.3 Å². The molecule has 1 aliphatic rings. The van der Waals surface area contributed by atoms with Gasteiger partial charge in [0.15, 0.2) is 12.0 Å². The maximum absolute atomic E-state index is 5.74. The molecule has 0 unspecified atom stereocenters. The molecule has 2 aromatic rings. The highest BCUT2D eigenvalue weighted by Gasteiger charge is 2.40. The van der Waals surface area contributed by atoms with E-state index in [-0.39, 0.29) is 0 Å². The molecule has 0 spiro atoms. The van der Waals surface area contributed by atoms with Gasteiger partial charge in [0.25, 0.3) is 0 Å². The van der Waals surface area contributed by atoms with Crippen LogP contribution in [0.2, 0.25) is 0 Å². The van der Waals surface area contributed by atoms with Crippen molar-refractivity contribution in [2.45, 2.75) is 12.8 Å². The van der Waals surface area contributed by atoms with Crippen molar-refractivity contribution in [3.8, 4) is 0 Å². The smallest absolute Gasteiger partial charge is 0.181 e. The van der Waals surface area contributed by atoms with Crippen LogP contribution in [0.15, 0.2) is 29.0 Å². The Morgan fingerprint density at radius 3 is 3.06 bits per heavy atom. The van der Waals surface area contributed by atoms with Gasteiger partial charge >= 0.3 is 0 Å². The van der Waals surface area contributed by atoms with E-state index < -0.39 is 0 Å². The van der Waals surface area contributed by atoms with E-state index in [1.165, 1.54) is 19.2 Å². The first-order valence-corrected chi connectivity index (χ1v) is 5.59. The number of nitrogens with two attached hydrogens (primary N) is 1. The van der Waals surface area contributed by atoms with Crippen LogP contribution in [0.25, 0.3) is 11.1 Å². The zero-order valence-electron chi connectivity index (χ0n) is 9.07. The van der Waals surface area contributed by atoms with Crippen LogP contribution in [0.1, 0.15) is 12.8 Å². The number of hydrogen-bond acceptors (Lipinski definition) is 4. The van der Waals surface area contributed by atoms with Crippen LogP contribution in [-0.4, -0.2) is 18.1 Å². The molecular weight excluding hydrogens is 202 g/mol. The Hall–Kier alpha value is -1.55. The fourth-order valence-electron chi connectivity index (χ4n) is 1.88. The molecule has 1 aromatic heterocycles. The van der Waals surface area contributed by atoms with Gasteiger partial charge in [0.05, 0.1) is 0 Å². The first-order chi connectivity index (χ1) is 7.81. The van der Waals surface area contributed by atoms with Crippen molar-refractivity contribution >= 4 is 16.8 Å². The van der Waals surface area contributed by atoms with Gasteiger partial charge in [-0.3, -0.25) is 0 Å². The molecule has 1 heterocycles. The number of benzene rings is 1. The quantitative estimate of drug-likeness (QED) is 0.822. The third-order valence-corrected chi connectivity index (χ3v) is 3.39. The molecular formula is C12H15N3O. The number of anilines is 1. The number of rotatable bonds is 4. The first kappa shape index (κ1) is 9.66. The normalized spacial score (nSPS) is 17.6. The van der Waals surface area contributed by atoms with E-state index >= 15 is 0 Å². The van der Waals surface area contributed by atoms with Crippen LogP contribution in [-0.2, 0) is 0 Å². The number of oxazole rings is 1. The Bertz CT molecular complexity index is 502. The second-order valence-corrected chi connectivity index (χ2v) is 4.59. The van der Waals surface area contributed by atoms with Crippen LogP contribution in [0, 0.1) is 5.41 Å². The van der Waals surface area contributed by atoms with Gasteiger partial charge in [-0.05, 0) is 36.9 Å². The van der Waals surface area contributed by atoms with Crippen LogP contribution in [0.4, 0.5) is 5.69 Å². The van der Waals surface area contributed by atoms with Gasteiger partial charge in [-0.1, -0.05) is 0 Å². The summed E-state index contributed by atoms with van der Waals surface area (Å²) < 4.78 is 5.26. The monoisotopic (exact) mass is 217 g/mol. The fraction of sp³-hybridized carbons (Fsp3) is 0.417. The third kappa shape index (κ3) is 1.65. The minimum absolute atomic E-state index is 0.344. The summed E-state index contributed by atoms with van der Waals surface area (Å²) >= 11 is 0. The average Bonchev–Trinajstić information content (AvgIpc) is 2.96. The Morgan fingerprint density at radius 1 is 1.44 bits per heavy atom. The molecule has 0 aliphatic heterocycles. The zero-order valence-corrected chi connectivity index (χ0v) is 9.07. The second-order valence-electron chi connectivity index (χ2n) is 4.59. The number of nitrogens with zero attached hydrogens (tertiary/aromatic N) is 1. The molecule has 1 fully saturated rings. The summed E-state index contributed by atoms with van der Waals surface area (Å²) in [6.45, 7) is 1.72. The van der Waals surface area contributed by atoms with Crippen molar-refractivity contribution in [2.24, 2.45) is 11.1 Å². The summed E-state index contributed by atoms with van der Waals surface area (Å²) in [5, 5.41) is 3.41. The average molecular weight is 217 g/mol. The standard InChI is InChI=1S/C12H15N3O/c13-6-12(3-4-12)7-14-9-1-2-10-11(5-9)16-8-15-10/h1-2,5,8,14H,3-4,6-7,13H2. The Labute approximate surface area is 93.8 Å². The highest BCUT2D eigenvalue weighted by atomic mass is 16.3. The number of fused-ring (bicyclic) bond motifs is 1. The summed E-state index contributed by atoms with van der Waals surface area (Å²) in [6.07, 6.45) is 3.94. The summed E-state index contributed by atoms with van der Waals surface area (Å²) in [4.78, 5) is 4.08. The second kappa shape index (κ2) is 3.49. The molecule has 0 atom stereocenters. The Morgan fingerprint density at radius 2 is 2.31 bits per heavy atom. The Balaban J connectivity index is 1.74. The summed E-state index contributed by atoms with van der Waals surface area (Å²) in [7, 11) is 0. The number of nitrogens with one attached hydrogen (secondary N) is 1. The molecule has 0 amide bonds. The lowest BCUT2D eigenvalue weighted by molar-refractivity contribution is 0.555. The highest BCUT2D eigenvalue weighted by molar-refractivity contribution is 5.76. The Kier molecular flexibility index (Phi) is 2.11. The van der Waals surface area contributed by atoms with E-state index in [4.69, 9.17) is 10.2 Å². The molecule has 4 heteroatoms. The van der Waals surface area contributed by atoms with Gasteiger partial charge in [0.1, 0.15) is 5.52 Å². The minimum Gasteiger partial charge on any atom is -0.443 e. The van der Waals surface area contributed by atoms with E-state index in [2.05, 4.69) is 10.3 Å². The summed E-state index contributed by atoms with van der Waals surface area (Å²) in [6, 6.07) is 5.97. The lowest BCUT2D eigenvalue weighted by Crippen LogP contribution is -2.24. The molecule has 3 N–H and O–H groups in total. The first-order valence-electron chi connectivity index (χ1n) is 5.59. The SMILES string of the molecule is NCC1(CNc2ccc3ncoc3c2)CC1. The van der Waals surface area contributed by atoms with Crippen molar-refractivity contribution < 1.29 is 4.42 Å². The number of aromatic nitrogens is 1. The van der Waals surface area contributed by atoms with Crippen LogP contribution >= 0.6 is 0 Å². The van der Waals surface area contributed by atoms with Crippen LogP contribution in [0.3, 0.4) is 0 Å². The summed E-state index contributed by atoms with van der Waals surface area (Å²) in [5.41, 5.74) is 8.87. The highest BCUT2D eigenvalue weighted by Crippen LogP contribution is 2.44. The maximum atomic E-state index is 5.74. The minimum atomic E-state index is 0.344. The van der Waals surface area contributed by atoms with Gasteiger partial charge in [0.2, 0.25) is 0 Å². The van der Waals surface area contributed by atoms with Gasteiger partial charge in [-0.25, -0.2) is 4.98 Å². The molecule has 4 nitrogen and oxygen atoms in total. The molecule has 1 aliphatic carbocycles. The maximum Gasteiger partial charge on any atom is 0.181 e. The molecule has 1 aromatic carbocycles.